The molecule has 5 rings (SSSR count). The van der Waals surface area contributed by atoms with Crippen molar-refractivity contribution in [2.24, 2.45) is 11.3 Å². The summed E-state index contributed by atoms with van der Waals surface area (Å²) in [6.07, 6.45) is 4.99. The van der Waals surface area contributed by atoms with Gasteiger partial charge in [0, 0.05) is 23.7 Å². The first-order chi connectivity index (χ1) is 17.6. The van der Waals surface area contributed by atoms with E-state index in [1.54, 1.807) is 18.3 Å². The Labute approximate surface area is 229 Å². The largest absolute Gasteiger partial charge is 0.481 e. The first kappa shape index (κ1) is 26.3. The fourth-order valence-electron chi connectivity index (χ4n) is 5.14. The smallest absolute Gasteiger partial charge is 0.309 e. The monoisotopic (exact) mass is 566 g/mol. The van der Waals surface area contributed by atoms with Crippen molar-refractivity contribution < 1.29 is 14.6 Å². The number of carboxylic acid groups (broad SMARTS) is 1. The number of hydrogen-bond acceptors (Lipinski definition) is 7. The molecule has 2 aliphatic rings. The third kappa shape index (κ3) is 5.32. The number of nitrogens with zero attached hydrogens (tertiary/aromatic N) is 4. The highest BCUT2D eigenvalue weighted by Crippen LogP contribution is 2.44. The molecule has 9 nitrogen and oxygen atoms in total. The zero-order chi connectivity index (χ0) is 26.3. The van der Waals surface area contributed by atoms with Crippen LogP contribution in [0.3, 0.4) is 0 Å². The molecule has 0 bridgehead atoms. The van der Waals surface area contributed by atoms with Gasteiger partial charge in [0.05, 0.1) is 34.0 Å². The predicted octanol–water partition coefficient (Wildman–Crippen LogP) is 6.57. The lowest BCUT2D eigenvalue weighted by molar-refractivity contribution is -0.150. The minimum Gasteiger partial charge on any atom is -0.481 e. The highest BCUT2D eigenvalue weighted by molar-refractivity contribution is 6.41. The van der Waals surface area contributed by atoms with Gasteiger partial charge < -0.3 is 20.5 Å². The highest BCUT2D eigenvalue weighted by Gasteiger charge is 2.39. The van der Waals surface area contributed by atoms with E-state index < -0.39 is 11.4 Å². The maximum Gasteiger partial charge on any atom is 0.309 e. The molecule has 2 fully saturated rings. The topological polar surface area (TPSA) is 114 Å². The van der Waals surface area contributed by atoms with E-state index in [0.29, 0.717) is 88.6 Å². The second-order valence-corrected chi connectivity index (χ2v) is 11.5. The van der Waals surface area contributed by atoms with Gasteiger partial charge in [0.2, 0.25) is 11.9 Å². The van der Waals surface area contributed by atoms with Gasteiger partial charge in [0.1, 0.15) is 5.52 Å². The summed E-state index contributed by atoms with van der Waals surface area (Å²) in [7, 11) is 0. The van der Waals surface area contributed by atoms with E-state index in [1.807, 2.05) is 11.5 Å². The molecule has 2 atom stereocenters. The number of imidazole rings is 1. The van der Waals surface area contributed by atoms with Crippen LogP contribution in [0.2, 0.25) is 15.1 Å². The van der Waals surface area contributed by atoms with Gasteiger partial charge in [0.15, 0.2) is 5.65 Å². The SMILES string of the molecule is C[C@@H]1COCC[C@H]1Nc1ncc2nc(Nc3c(Cl)cc(Cl)cc3Cl)n([C@H]3CC[C@](C)(C(=O)O)CC3)c2n1. The molecule has 3 aromatic rings. The Hall–Kier alpha value is -2.33. The van der Waals surface area contributed by atoms with Crippen LogP contribution in [0.25, 0.3) is 11.2 Å². The number of rotatable bonds is 6. The number of ether oxygens (including phenoxy) is 1. The van der Waals surface area contributed by atoms with Crippen LogP contribution in [0, 0.1) is 11.3 Å². The van der Waals surface area contributed by atoms with E-state index in [2.05, 4.69) is 22.5 Å². The number of aromatic nitrogens is 4. The molecular formula is C25H29Cl3N6O3. The maximum atomic E-state index is 11.8. The van der Waals surface area contributed by atoms with Gasteiger partial charge in [-0.1, -0.05) is 41.7 Å². The molecule has 3 heterocycles. The minimum absolute atomic E-state index is 0.0190. The van der Waals surface area contributed by atoms with Crippen molar-refractivity contribution in [2.75, 3.05) is 23.8 Å². The predicted molar refractivity (Wildman–Crippen MR) is 145 cm³/mol. The van der Waals surface area contributed by atoms with E-state index in [-0.39, 0.29) is 12.1 Å². The van der Waals surface area contributed by atoms with Crippen molar-refractivity contribution in [3.05, 3.63) is 33.4 Å². The number of halogens is 3. The summed E-state index contributed by atoms with van der Waals surface area (Å²) >= 11 is 19.0. The maximum absolute atomic E-state index is 11.8. The first-order valence-electron chi connectivity index (χ1n) is 12.4. The number of aliphatic carboxylic acids is 1. The minimum atomic E-state index is -0.765. The molecular weight excluding hydrogens is 539 g/mol. The molecule has 1 aromatic carbocycles. The molecule has 37 heavy (non-hydrogen) atoms. The normalized spacial score (nSPS) is 26.2. The number of nitrogens with one attached hydrogen (secondary N) is 2. The van der Waals surface area contributed by atoms with Gasteiger partial charge in [-0.2, -0.15) is 4.98 Å². The lowest BCUT2D eigenvalue weighted by atomic mass is 9.74. The van der Waals surface area contributed by atoms with Crippen LogP contribution < -0.4 is 10.6 Å². The number of hydrogen-bond donors (Lipinski definition) is 3. The fourth-order valence-corrected chi connectivity index (χ4v) is 6.05. The van der Waals surface area contributed by atoms with Gasteiger partial charge >= 0.3 is 5.97 Å². The van der Waals surface area contributed by atoms with Crippen LogP contribution in [-0.4, -0.2) is 49.9 Å². The second kappa shape index (κ2) is 10.4. The van der Waals surface area contributed by atoms with E-state index >= 15 is 0 Å². The Kier molecular flexibility index (Phi) is 7.42. The summed E-state index contributed by atoms with van der Waals surface area (Å²) < 4.78 is 7.59. The molecule has 0 spiro atoms. The summed E-state index contributed by atoms with van der Waals surface area (Å²) in [6.45, 7) is 5.34. The van der Waals surface area contributed by atoms with Gasteiger partial charge in [0.25, 0.3) is 0 Å². The van der Waals surface area contributed by atoms with Gasteiger partial charge in [-0.15, -0.1) is 0 Å². The molecule has 0 amide bonds. The number of anilines is 3. The molecule has 12 heteroatoms. The molecule has 1 saturated carbocycles. The number of fused-ring (bicyclic) bond motifs is 1. The number of benzene rings is 1. The Morgan fingerprint density at radius 1 is 1.16 bits per heavy atom. The Morgan fingerprint density at radius 2 is 1.86 bits per heavy atom. The molecule has 1 saturated heterocycles. The van der Waals surface area contributed by atoms with Crippen LogP contribution in [0.15, 0.2) is 18.3 Å². The third-order valence-electron chi connectivity index (χ3n) is 7.57. The summed E-state index contributed by atoms with van der Waals surface area (Å²) in [5.41, 5.74) is 1.01. The Balaban J connectivity index is 1.54. The lowest BCUT2D eigenvalue weighted by Crippen LogP contribution is -2.36. The standard InChI is InChI=1S/C25H29Cl3N6O3/c1-13-12-37-8-5-18(13)30-23-29-11-19-21(33-23)34(15-3-6-25(2,7-4-15)22(35)36)24(31-19)32-20-16(27)9-14(26)10-17(20)28/h9-11,13,15,18H,3-8,12H2,1-2H3,(H,31,32)(H,35,36)(H,29,30,33)/t13-,15-,18-,25-/m1/s1. The molecule has 2 aromatic heterocycles. The molecule has 0 radical (unpaired) electrons. The van der Waals surface area contributed by atoms with Crippen LogP contribution in [-0.2, 0) is 9.53 Å². The zero-order valence-electron chi connectivity index (χ0n) is 20.6. The molecule has 0 unspecified atom stereocenters. The van der Waals surface area contributed by atoms with Crippen LogP contribution in [0.1, 0.15) is 52.0 Å². The lowest BCUT2D eigenvalue weighted by Gasteiger charge is -2.35. The third-order valence-corrected chi connectivity index (χ3v) is 8.39. The Bertz CT molecular complexity index is 1300. The van der Waals surface area contributed by atoms with Crippen LogP contribution >= 0.6 is 34.8 Å². The average molecular weight is 568 g/mol. The summed E-state index contributed by atoms with van der Waals surface area (Å²) in [5, 5.41) is 17.6. The van der Waals surface area contributed by atoms with E-state index in [9.17, 15) is 9.90 Å². The summed E-state index contributed by atoms with van der Waals surface area (Å²) in [5.74, 6) is 0.596. The van der Waals surface area contributed by atoms with Crippen molar-refractivity contribution in [2.45, 2.75) is 58.0 Å². The van der Waals surface area contributed by atoms with Crippen molar-refractivity contribution in [1.29, 1.82) is 0 Å². The number of carbonyl (C=O) groups is 1. The number of carboxylic acids is 1. The average Bonchev–Trinajstić information content (AvgIpc) is 3.20. The highest BCUT2D eigenvalue weighted by atomic mass is 35.5. The van der Waals surface area contributed by atoms with Crippen molar-refractivity contribution in [1.82, 2.24) is 19.5 Å². The molecule has 3 N–H and O–H groups in total. The van der Waals surface area contributed by atoms with Crippen LogP contribution in [0.5, 0.6) is 0 Å². The first-order valence-corrected chi connectivity index (χ1v) is 13.5. The molecule has 1 aliphatic heterocycles. The van der Waals surface area contributed by atoms with E-state index in [4.69, 9.17) is 49.5 Å². The molecule has 198 valence electrons. The van der Waals surface area contributed by atoms with Gasteiger partial charge in [-0.05, 0) is 57.1 Å². The van der Waals surface area contributed by atoms with Crippen molar-refractivity contribution in [3.8, 4) is 0 Å². The van der Waals surface area contributed by atoms with E-state index in [1.165, 1.54) is 0 Å². The summed E-state index contributed by atoms with van der Waals surface area (Å²) in [6, 6.07) is 3.41. The van der Waals surface area contributed by atoms with Gasteiger partial charge in [-0.3, -0.25) is 9.36 Å². The second-order valence-electron chi connectivity index (χ2n) is 10.3. The van der Waals surface area contributed by atoms with Crippen LogP contribution in [0.4, 0.5) is 17.6 Å². The van der Waals surface area contributed by atoms with Crippen molar-refractivity contribution >= 4 is 69.5 Å². The Morgan fingerprint density at radius 3 is 2.51 bits per heavy atom. The summed E-state index contributed by atoms with van der Waals surface area (Å²) in [4.78, 5) is 26.0. The quantitative estimate of drug-likeness (QED) is 0.306. The van der Waals surface area contributed by atoms with Gasteiger partial charge in [-0.25, -0.2) is 9.97 Å². The molecule has 1 aliphatic carbocycles. The van der Waals surface area contributed by atoms with E-state index in [0.717, 1.165) is 6.42 Å². The van der Waals surface area contributed by atoms with Crippen molar-refractivity contribution in [3.63, 3.8) is 0 Å². The fraction of sp³-hybridized carbons (Fsp3) is 0.520. The zero-order valence-corrected chi connectivity index (χ0v) is 22.9.